The summed E-state index contributed by atoms with van der Waals surface area (Å²) in [6.07, 6.45) is 10.1. The third-order valence-corrected chi connectivity index (χ3v) is 6.29. The monoisotopic (exact) mass is 263 g/mol. The Labute approximate surface area is 117 Å². The average molecular weight is 263 g/mol. The van der Waals surface area contributed by atoms with Crippen LogP contribution in [0.3, 0.4) is 0 Å². The Kier molecular flexibility index (Phi) is 3.33. The van der Waals surface area contributed by atoms with Crippen LogP contribution in [0.15, 0.2) is 0 Å². The summed E-state index contributed by atoms with van der Waals surface area (Å²) in [4.78, 5) is 5.66. The fraction of sp³-hybridized carbons (Fsp3) is 1.00. The van der Waals surface area contributed by atoms with Crippen molar-refractivity contribution >= 4 is 0 Å². The molecule has 3 atom stereocenters. The zero-order chi connectivity index (χ0) is 12.7. The number of fused-ring (bicyclic) bond motifs is 1. The maximum Gasteiger partial charge on any atom is 0.0263 e. The van der Waals surface area contributed by atoms with E-state index < -0.39 is 0 Å². The predicted molar refractivity (Wildman–Crippen MR) is 78.3 cm³/mol. The van der Waals surface area contributed by atoms with Crippen molar-refractivity contribution < 1.29 is 0 Å². The Morgan fingerprint density at radius 2 is 1.68 bits per heavy atom. The SMILES string of the molecule is C1CC2C(N3CCCC4(CCCNC4)C3)CCN2C1. The molecule has 19 heavy (non-hydrogen) atoms. The number of rotatable bonds is 1. The van der Waals surface area contributed by atoms with Crippen molar-refractivity contribution in [2.75, 3.05) is 39.3 Å². The van der Waals surface area contributed by atoms with Gasteiger partial charge in [0, 0.05) is 31.7 Å². The average Bonchev–Trinajstić information content (AvgIpc) is 3.02. The molecule has 0 amide bonds. The van der Waals surface area contributed by atoms with Crippen LogP contribution >= 0.6 is 0 Å². The van der Waals surface area contributed by atoms with Gasteiger partial charge in [0.25, 0.3) is 0 Å². The predicted octanol–water partition coefficient (Wildman–Crippen LogP) is 1.69. The van der Waals surface area contributed by atoms with Crippen molar-refractivity contribution in [1.82, 2.24) is 15.1 Å². The molecule has 0 radical (unpaired) electrons. The van der Waals surface area contributed by atoms with Crippen molar-refractivity contribution in [1.29, 1.82) is 0 Å². The molecule has 0 bridgehead atoms. The van der Waals surface area contributed by atoms with Gasteiger partial charge in [0.1, 0.15) is 0 Å². The van der Waals surface area contributed by atoms with Gasteiger partial charge in [0.15, 0.2) is 0 Å². The van der Waals surface area contributed by atoms with Crippen LogP contribution in [0.5, 0.6) is 0 Å². The van der Waals surface area contributed by atoms with Crippen LogP contribution in [-0.4, -0.2) is 61.2 Å². The molecule has 1 N–H and O–H groups in total. The van der Waals surface area contributed by atoms with E-state index in [0.29, 0.717) is 5.41 Å². The normalized spacial score (nSPS) is 44.8. The molecular weight excluding hydrogens is 234 g/mol. The van der Waals surface area contributed by atoms with Crippen molar-refractivity contribution in [3.63, 3.8) is 0 Å². The highest BCUT2D eigenvalue weighted by molar-refractivity contribution is 5.00. The summed E-state index contributed by atoms with van der Waals surface area (Å²) in [5.74, 6) is 0. The topological polar surface area (TPSA) is 18.5 Å². The van der Waals surface area contributed by atoms with Crippen LogP contribution in [-0.2, 0) is 0 Å². The highest BCUT2D eigenvalue weighted by Crippen LogP contribution is 2.40. The number of nitrogens with one attached hydrogen (secondary N) is 1. The first-order chi connectivity index (χ1) is 9.36. The van der Waals surface area contributed by atoms with Crippen molar-refractivity contribution in [2.24, 2.45) is 5.41 Å². The van der Waals surface area contributed by atoms with Gasteiger partial charge < -0.3 is 5.32 Å². The maximum absolute atomic E-state index is 3.67. The second kappa shape index (κ2) is 5.01. The molecule has 0 aliphatic carbocycles. The van der Waals surface area contributed by atoms with Crippen LogP contribution in [0.2, 0.25) is 0 Å². The summed E-state index contributed by atoms with van der Waals surface area (Å²) in [5, 5.41) is 3.67. The lowest BCUT2D eigenvalue weighted by Crippen LogP contribution is -2.55. The van der Waals surface area contributed by atoms with Crippen molar-refractivity contribution in [2.45, 2.75) is 57.0 Å². The largest absolute Gasteiger partial charge is 0.316 e. The minimum absolute atomic E-state index is 0.628. The lowest BCUT2D eigenvalue weighted by Gasteiger charge is -2.48. The second-order valence-electron chi connectivity index (χ2n) is 7.46. The Hall–Kier alpha value is -0.120. The standard InChI is InChI=1S/C16H29N3/c1-4-14-15(5-11-18(14)9-1)19-10-3-7-16(13-19)6-2-8-17-12-16/h14-15,17H,1-13H2. The van der Waals surface area contributed by atoms with Gasteiger partial charge in [-0.15, -0.1) is 0 Å². The molecular formula is C16H29N3. The number of piperidine rings is 2. The summed E-state index contributed by atoms with van der Waals surface area (Å²) in [6, 6.07) is 1.80. The van der Waals surface area contributed by atoms with Crippen LogP contribution in [0.4, 0.5) is 0 Å². The lowest BCUT2D eigenvalue weighted by molar-refractivity contribution is 0.0295. The first-order valence-electron chi connectivity index (χ1n) is 8.55. The van der Waals surface area contributed by atoms with Crippen molar-refractivity contribution in [3.8, 4) is 0 Å². The van der Waals surface area contributed by atoms with E-state index in [1.165, 1.54) is 84.2 Å². The summed E-state index contributed by atoms with van der Waals surface area (Å²) in [5.41, 5.74) is 0.628. The second-order valence-corrected chi connectivity index (χ2v) is 7.46. The highest BCUT2D eigenvalue weighted by atomic mass is 15.3. The third kappa shape index (κ3) is 2.24. The van der Waals surface area contributed by atoms with Gasteiger partial charge in [0.05, 0.1) is 0 Å². The van der Waals surface area contributed by atoms with E-state index in [1.54, 1.807) is 0 Å². The first-order valence-corrected chi connectivity index (χ1v) is 8.55. The fourth-order valence-electron chi connectivity index (χ4n) is 5.39. The molecule has 0 saturated carbocycles. The molecule has 0 aromatic heterocycles. The van der Waals surface area contributed by atoms with E-state index in [0.717, 1.165) is 12.1 Å². The Morgan fingerprint density at radius 1 is 0.842 bits per heavy atom. The molecule has 0 aromatic rings. The third-order valence-electron chi connectivity index (χ3n) is 6.29. The molecule has 1 spiro atoms. The Morgan fingerprint density at radius 3 is 2.58 bits per heavy atom. The van der Waals surface area contributed by atoms with Crippen LogP contribution in [0.1, 0.15) is 44.9 Å². The van der Waals surface area contributed by atoms with Crippen LogP contribution in [0.25, 0.3) is 0 Å². The maximum atomic E-state index is 3.67. The first kappa shape index (κ1) is 12.6. The van der Waals surface area contributed by atoms with E-state index in [1.807, 2.05) is 0 Å². The van der Waals surface area contributed by atoms with E-state index in [-0.39, 0.29) is 0 Å². The van der Waals surface area contributed by atoms with Gasteiger partial charge in [-0.3, -0.25) is 9.80 Å². The molecule has 4 aliphatic rings. The van der Waals surface area contributed by atoms with Gasteiger partial charge in [-0.05, 0) is 70.0 Å². The van der Waals surface area contributed by atoms with Gasteiger partial charge in [-0.2, -0.15) is 0 Å². The van der Waals surface area contributed by atoms with Crippen molar-refractivity contribution in [3.05, 3.63) is 0 Å². The molecule has 0 aromatic carbocycles. The van der Waals surface area contributed by atoms with E-state index in [9.17, 15) is 0 Å². The molecule has 4 fully saturated rings. The molecule has 4 saturated heterocycles. The number of hydrogen-bond donors (Lipinski definition) is 1. The van der Waals surface area contributed by atoms with Crippen LogP contribution in [0, 0.1) is 5.41 Å². The summed E-state index contributed by atoms with van der Waals surface area (Å²) >= 11 is 0. The van der Waals surface area contributed by atoms with Gasteiger partial charge in [-0.1, -0.05) is 0 Å². The Bertz CT molecular complexity index is 318. The quantitative estimate of drug-likeness (QED) is 0.777. The lowest BCUT2D eigenvalue weighted by atomic mass is 9.74. The smallest absolute Gasteiger partial charge is 0.0263 e. The molecule has 108 valence electrons. The molecule has 4 heterocycles. The molecule has 4 aliphatic heterocycles. The van der Waals surface area contributed by atoms with E-state index in [4.69, 9.17) is 0 Å². The minimum Gasteiger partial charge on any atom is -0.316 e. The number of nitrogens with zero attached hydrogens (tertiary/aromatic N) is 2. The van der Waals surface area contributed by atoms with E-state index in [2.05, 4.69) is 15.1 Å². The summed E-state index contributed by atoms with van der Waals surface area (Å²) < 4.78 is 0. The van der Waals surface area contributed by atoms with Crippen LogP contribution < -0.4 is 5.32 Å². The van der Waals surface area contributed by atoms with E-state index >= 15 is 0 Å². The molecule has 3 unspecified atom stereocenters. The summed E-state index contributed by atoms with van der Waals surface area (Å²) in [6.45, 7) is 8.04. The highest BCUT2D eigenvalue weighted by Gasteiger charge is 2.44. The van der Waals surface area contributed by atoms with Gasteiger partial charge in [0.2, 0.25) is 0 Å². The fourth-order valence-corrected chi connectivity index (χ4v) is 5.39. The molecule has 3 nitrogen and oxygen atoms in total. The molecule has 4 rings (SSSR count). The van der Waals surface area contributed by atoms with Gasteiger partial charge >= 0.3 is 0 Å². The zero-order valence-corrected chi connectivity index (χ0v) is 12.2. The number of hydrogen-bond acceptors (Lipinski definition) is 3. The van der Waals surface area contributed by atoms with Gasteiger partial charge in [-0.25, -0.2) is 0 Å². The Balaban J connectivity index is 1.46. The summed E-state index contributed by atoms with van der Waals surface area (Å²) in [7, 11) is 0. The molecule has 3 heteroatoms. The number of likely N-dealkylation sites (tertiary alicyclic amines) is 1. The minimum atomic E-state index is 0.628. The zero-order valence-electron chi connectivity index (χ0n) is 12.2.